The Morgan fingerprint density at radius 1 is 1.44 bits per heavy atom. The number of hydrogen-bond donors (Lipinski definition) is 1. The van der Waals surface area contributed by atoms with Gasteiger partial charge in [-0.1, -0.05) is 32.0 Å². The van der Waals surface area contributed by atoms with Gasteiger partial charge in [-0.15, -0.1) is 0 Å². The fourth-order valence-corrected chi connectivity index (χ4v) is 3.42. The summed E-state index contributed by atoms with van der Waals surface area (Å²) in [6, 6.07) is 6.80. The molecule has 1 N–H and O–H groups in total. The third-order valence-electron chi connectivity index (χ3n) is 4.42. The first kappa shape index (κ1) is 12.2. The minimum atomic E-state index is 0.00343. The van der Waals surface area contributed by atoms with Crippen LogP contribution in [-0.4, -0.2) is 18.7 Å². The maximum Gasteiger partial charge on any atom is 0.0863 e. The van der Waals surface area contributed by atoms with Crippen LogP contribution in [0.5, 0.6) is 0 Å². The average Bonchev–Trinajstić information content (AvgIpc) is 2.70. The zero-order valence-electron chi connectivity index (χ0n) is 11.6. The van der Waals surface area contributed by atoms with E-state index in [1.165, 1.54) is 16.7 Å². The van der Waals surface area contributed by atoms with Gasteiger partial charge in [0, 0.05) is 19.0 Å². The van der Waals surface area contributed by atoms with E-state index in [9.17, 15) is 0 Å². The quantitative estimate of drug-likeness (QED) is 0.865. The van der Waals surface area contributed by atoms with Gasteiger partial charge in [0.1, 0.15) is 0 Å². The van der Waals surface area contributed by atoms with Gasteiger partial charge in [-0.25, -0.2) is 0 Å². The van der Waals surface area contributed by atoms with Crippen LogP contribution in [0.2, 0.25) is 0 Å². The van der Waals surface area contributed by atoms with E-state index in [0.29, 0.717) is 11.8 Å². The van der Waals surface area contributed by atoms with Crippen molar-refractivity contribution in [3.8, 4) is 0 Å². The van der Waals surface area contributed by atoms with Crippen molar-refractivity contribution in [1.82, 2.24) is 5.32 Å². The molecule has 0 radical (unpaired) electrons. The Bertz CT molecular complexity index is 454. The maximum absolute atomic E-state index is 6.18. The van der Waals surface area contributed by atoms with Crippen molar-refractivity contribution in [3.05, 3.63) is 34.9 Å². The van der Waals surface area contributed by atoms with Crippen molar-refractivity contribution in [3.63, 3.8) is 0 Å². The number of fused-ring (bicyclic) bond motifs is 3. The molecule has 18 heavy (non-hydrogen) atoms. The highest BCUT2D eigenvalue weighted by Crippen LogP contribution is 2.42. The Morgan fingerprint density at radius 2 is 2.28 bits per heavy atom. The summed E-state index contributed by atoms with van der Waals surface area (Å²) in [7, 11) is 0. The van der Waals surface area contributed by atoms with E-state index in [-0.39, 0.29) is 5.60 Å². The Morgan fingerprint density at radius 3 is 3.06 bits per heavy atom. The lowest BCUT2D eigenvalue weighted by Crippen LogP contribution is -2.40. The molecule has 3 rings (SSSR count). The number of rotatable bonds is 2. The molecule has 0 saturated carbocycles. The molecular weight excluding hydrogens is 222 g/mol. The SMILES string of the molecule is CC(C)Cc1cccc2c1CO[C@]1(C)CNC[C@H]21. The summed E-state index contributed by atoms with van der Waals surface area (Å²) in [5.41, 5.74) is 4.46. The van der Waals surface area contributed by atoms with Crippen LogP contribution in [0.4, 0.5) is 0 Å². The number of ether oxygens (including phenoxy) is 1. The van der Waals surface area contributed by atoms with Gasteiger partial charge in [-0.3, -0.25) is 0 Å². The molecule has 0 aromatic heterocycles. The van der Waals surface area contributed by atoms with E-state index in [1.807, 2.05) is 0 Å². The smallest absolute Gasteiger partial charge is 0.0863 e. The highest BCUT2D eigenvalue weighted by Gasteiger charge is 2.44. The number of nitrogens with one attached hydrogen (secondary N) is 1. The van der Waals surface area contributed by atoms with Gasteiger partial charge in [0.05, 0.1) is 12.2 Å². The van der Waals surface area contributed by atoms with Crippen LogP contribution in [0.15, 0.2) is 18.2 Å². The molecular formula is C16H23NO. The Labute approximate surface area is 110 Å². The van der Waals surface area contributed by atoms with Crippen LogP contribution >= 0.6 is 0 Å². The summed E-state index contributed by atoms with van der Waals surface area (Å²) in [5, 5.41) is 3.48. The molecule has 2 atom stereocenters. The van der Waals surface area contributed by atoms with Crippen molar-refractivity contribution in [2.24, 2.45) is 5.92 Å². The summed E-state index contributed by atoms with van der Waals surface area (Å²) in [6.45, 7) is 9.62. The van der Waals surface area contributed by atoms with Crippen LogP contribution in [0.3, 0.4) is 0 Å². The molecule has 98 valence electrons. The Hall–Kier alpha value is -0.860. The maximum atomic E-state index is 6.18. The van der Waals surface area contributed by atoms with Crippen molar-refractivity contribution < 1.29 is 4.74 Å². The zero-order chi connectivity index (χ0) is 12.8. The van der Waals surface area contributed by atoms with Gasteiger partial charge in [0.2, 0.25) is 0 Å². The fourth-order valence-electron chi connectivity index (χ4n) is 3.42. The lowest BCUT2D eigenvalue weighted by molar-refractivity contribution is -0.0521. The number of benzene rings is 1. The molecule has 0 aliphatic carbocycles. The van der Waals surface area contributed by atoms with Crippen LogP contribution in [-0.2, 0) is 17.8 Å². The minimum absolute atomic E-state index is 0.00343. The molecule has 0 amide bonds. The summed E-state index contributed by atoms with van der Waals surface area (Å²) in [6.07, 6.45) is 1.16. The molecule has 0 spiro atoms. The van der Waals surface area contributed by atoms with Gasteiger partial charge in [0.25, 0.3) is 0 Å². The molecule has 1 fully saturated rings. The fraction of sp³-hybridized carbons (Fsp3) is 0.625. The second-order valence-electron chi connectivity index (χ2n) is 6.37. The van der Waals surface area contributed by atoms with Crippen LogP contribution in [0.25, 0.3) is 0 Å². The Kier molecular flexibility index (Phi) is 2.95. The predicted molar refractivity (Wildman–Crippen MR) is 73.8 cm³/mol. The van der Waals surface area contributed by atoms with Gasteiger partial charge < -0.3 is 10.1 Å². The van der Waals surface area contributed by atoms with E-state index in [1.54, 1.807) is 0 Å². The molecule has 0 bridgehead atoms. The van der Waals surface area contributed by atoms with Crippen molar-refractivity contribution in [2.45, 2.75) is 45.3 Å². The van der Waals surface area contributed by atoms with Gasteiger partial charge >= 0.3 is 0 Å². The highest BCUT2D eigenvalue weighted by atomic mass is 16.5. The summed E-state index contributed by atoms with van der Waals surface area (Å²) in [4.78, 5) is 0. The molecule has 0 unspecified atom stereocenters. The molecule has 1 aromatic rings. The molecule has 1 saturated heterocycles. The van der Waals surface area contributed by atoms with E-state index >= 15 is 0 Å². The topological polar surface area (TPSA) is 21.3 Å². The zero-order valence-corrected chi connectivity index (χ0v) is 11.6. The van der Waals surface area contributed by atoms with E-state index in [2.05, 4.69) is 44.3 Å². The monoisotopic (exact) mass is 245 g/mol. The Balaban J connectivity index is 2.01. The second kappa shape index (κ2) is 4.36. The lowest BCUT2D eigenvalue weighted by Gasteiger charge is -2.38. The van der Waals surface area contributed by atoms with Gasteiger partial charge in [0.15, 0.2) is 0 Å². The molecule has 2 aliphatic rings. The highest BCUT2D eigenvalue weighted by molar-refractivity contribution is 5.41. The van der Waals surface area contributed by atoms with Crippen molar-refractivity contribution in [2.75, 3.05) is 13.1 Å². The first-order chi connectivity index (χ1) is 8.60. The molecule has 1 aromatic carbocycles. The standard InChI is InChI=1S/C16H23NO/c1-11(2)7-12-5-4-6-13-14(12)9-18-16(3)10-17-8-15(13)16/h4-6,11,15,17H,7-10H2,1-3H3/t15-,16-/m1/s1. The van der Waals surface area contributed by atoms with Crippen LogP contribution < -0.4 is 5.32 Å². The van der Waals surface area contributed by atoms with Crippen molar-refractivity contribution >= 4 is 0 Å². The first-order valence-electron chi connectivity index (χ1n) is 7.05. The average molecular weight is 245 g/mol. The van der Waals surface area contributed by atoms with Gasteiger partial charge in [-0.05, 0) is 36.0 Å². The molecule has 2 heterocycles. The summed E-state index contributed by atoms with van der Waals surface area (Å²) >= 11 is 0. The first-order valence-corrected chi connectivity index (χ1v) is 7.05. The van der Waals surface area contributed by atoms with E-state index in [0.717, 1.165) is 26.1 Å². The van der Waals surface area contributed by atoms with E-state index < -0.39 is 0 Å². The van der Waals surface area contributed by atoms with Crippen LogP contribution in [0, 0.1) is 5.92 Å². The summed E-state index contributed by atoms with van der Waals surface area (Å²) < 4.78 is 6.18. The predicted octanol–water partition coefficient (Wildman–Crippen LogP) is 2.86. The van der Waals surface area contributed by atoms with Crippen LogP contribution in [0.1, 0.15) is 43.4 Å². The normalized spacial score (nSPS) is 30.3. The third-order valence-corrected chi connectivity index (χ3v) is 4.42. The lowest BCUT2D eigenvalue weighted by atomic mass is 9.79. The largest absolute Gasteiger partial charge is 0.369 e. The minimum Gasteiger partial charge on any atom is -0.369 e. The van der Waals surface area contributed by atoms with Gasteiger partial charge in [-0.2, -0.15) is 0 Å². The van der Waals surface area contributed by atoms with E-state index in [4.69, 9.17) is 4.74 Å². The molecule has 2 heteroatoms. The number of hydrogen-bond acceptors (Lipinski definition) is 2. The summed E-state index contributed by atoms with van der Waals surface area (Å²) in [5.74, 6) is 1.22. The second-order valence-corrected chi connectivity index (χ2v) is 6.37. The molecule has 2 aliphatic heterocycles. The van der Waals surface area contributed by atoms with Crippen molar-refractivity contribution in [1.29, 1.82) is 0 Å². The third kappa shape index (κ3) is 1.88. The molecule has 2 nitrogen and oxygen atoms in total.